The molecule has 2 aromatic carbocycles. The van der Waals surface area contributed by atoms with Crippen molar-refractivity contribution in [3.8, 4) is 33.3 Å². The fourth-order valence-corrected chi connectivity index (χ4v) is 7.15. The number of benzene rings is 2. The number of carbonyl (C=O) groups is 3. The summed E-state index contributed by atoms with van der Waals surface area (Å²) in [6.07, 6.45) is 4.25. The molecule has 256 valence electrons. The van der Waals surface area contributed by atoms with Crippen molar-refractivity contribution in [2.45, 2.75) is 32.4 Å². The summed E-state index contributed by atoms with van der Waals surface area (Å²) in [7, 11) is 3.94. The van der Waals surface area contributed by atoms with Gasteiger partial charge in [0.05, 0.1) is 30.0 Å². The molecule has 0 aliphatic carbocycles. The van der Waals surface area contributed by atoms with Crippen molar-refractivity contribution in [1.29, 1.82) is 0 Å². The minimum atomic E-state index is -0.669. The number of anilines is 1. The molecule has 7 rings (SSSR count). The van der Waals surface area contributed by atoms with Gasteiger partial charge in [-0.15, -0.1) is 11.3 Å². The monoisotopic (exact) mass is 692 g/mol. The van der Waals surface area contributed by atoms with Crippen molar-refractivity contribution < 1.29 is 28.6 Å². The number of fused-ring (bicyclic) bond motifs is 2. The molecule has 1 saturated heterocycles. The van der Waals surface area contributed by atoms with Gasteiger partial charge < -0.3 is 24.0 Å². The van der Waals surface area contributed by atoms with E-state index < -0.39 is 11.9 Å². The average Bonchev–Trinajstić information content (AvgIpc) is 3.68. The number of nitrogens with zero attached hydrogens (tertiary/aromatic N) is 5. The molecule has 2 aliphatic heterocycles. The maximum absolute atomic E-state index is 13.0. The van der Waals surface area contributed by atoms with Gasteiger partial charge in [-0.1, -0.05) is 6.07 Å². The van der Waals surface area contributed by atoms with Crippen molar-refractivity contribution >= 4 is 45.1 Å². The number of thiazole rings is 1. The van der Waals surface area contributed by atoms with E-state index in [4.69, 9.17) is 24.2 Å². The molecule has 0 bridgehead atoms. The largest absolute Gasteiger partial charge is 0.491 e. The molecule has 1 atom stereocenters. The maximum atomic E-state index is 13.0. The Morgan fingerprint density at radius 2 is 1.76 bits per heavy atom. The number of carbonyl (C=O) groups excluding carboxylic acids is 3. The molecule has 0 spiro atoms. The predicted molar refractivity (Wildman–Crippen MR) is 189 cm³/mol. The van der Waals surface area contributed by atoms with Gasteiger partial charge in [-0.3, -0.25) is 24.7 Å². The first kappa shape index (κ1) is 33.1. The zero-order chi connectivity index (χ0) is 34.8. The van der Waals surface area contributed by atoms with Crippen LogP contribution in [-0.2, 0) is 20.9 Å². The first-order valence-electron chi connectivity index (χ1n) is 16.4. The molecule has 1 unspecified atom stereocenters. The molecule has 50 heavy (non-hydrogen) atoms. The Labute approximate surface area is 293 Å². The normalized spacial score (nSPS) is 15.7. The van der Waals surface area contributed by atoms with Crippen LogP contribution in [0.3, 0.4) is 0 Å². The van der Waals surface area contributed by atoms with Crippen LogP contribution >= 0.6 is 11.3 Å². The predicted octanol–water partition coefficient (Wildman–Crippen LogP) is 5.03. The van der Waals surface area contributed by atoms with Gasteiger partial charge in [-0.05, 0) is 67.4 Å². The molecule has 3 amide bonds. The van der Waals surface area contributed by atoms with Gasteiger partial charge in [0.2, 0.25) is 11.8 Å². The third kappa shape index (κ3) is 6.87. The summed E-state index contributed by atoms with van der Waals surface area (Å²) in [4.78, 5) is 54.5. The van der Waals surface area contributed by atoms with Crippen molar-refractivity contribution in [1.82, 2.24) is 25.2 Å². The summed E-state index contributed by atoms with van der Waals surface area (Å²) in [5.74, 6) is 1.23. The number of piperidine rings is 1. The van der Waals surface area contributed by atoms with E-state index in [-0.39, 0.29) is 31.4 Å². The summed E-state index contributed by atoms with van der Waals surface area (Å²) < 4.78 is 18.7. The Kier molecular flexibility index (Phi) is 9.42. The van der Waals surface area contributed by atoms with Crippen molar-refractivity contribution in [3.05, 3.63) is 83.7 Å². The molecule has 1 N–H and O–H groups in total. The molecule has 5 heterocycles. The Hall–Kier alpha value is -5.40. The molecule has 0 radical (unpaired) electrons. The van der Waals surface area contributed by atoms with Gasteiger partial charge >= 0.3 is 0 Å². The molecular weight excluding hydrogens is 657 g/mol. The van der Waals surface area contributed by atoms with E-state index in [0.717, 1.165) is 54.7 Å². The zero-order valence-corrected chi connectivity index (χ0v) is 28.8. The van der Waals surface area contributed by atoms with Crippen LogP contribution in [0.5, 0.6) is 11.5 Å². The number of amides is 3. The van der Waals surface area contributed by atoms with Gasteiger partial charge in [-0.2, -0.15) is 0 Å². The lowest BCUT2D eigenvalue weighted by atomic mass is 10.0. The molecule has 12 nitrogen and oxygen atoms in total. The van der Waals surface area contributed by atoms with E-state index in [1.54, 1.807) is 29.5 Å². The number of aromatic nitrogens is 3. The van der Waals surface area contributed by atoms with Gasteiger partial charge in [0, 0.05) is 55.2 Å². The number of imide groups is 1. The Bertz CT molecular complexity index is 2080. The number of nitrogens with one attached hydrogen (secondary N) is 1. The summed E-state index contributed by atoms with van der Waals surface area (Å²) >= 11 is 1.57. The van der Waals surface area contributed by atoms with Gasteiger partial charge in [-0.25, -0.2) is 9.97 Å². The quantitative estimate of drug-likeness (QED) is 0.140. The zero-order valence-electron chi connectivity index (χ0n) is 28.0. The number of rotatable bonds is 12. The Balaban J connectivity index is 0.886. The second-order valence-electron chi connectivity index (χ2n) is 12.3. The van der Waals surface area contributed by atoms with Crippen molar-refractivity contribution in [3.63, 3.8) is 0 Å². The van der Waals surface area contributed by atoms with E-state index >= 15 is 0 Å². The Morgan fingerprint density at radius 1 is 0.940 bits per heavy atom. The van der Waals surface area contributed by atoms with Crippen molar-refractivity contribution in [2.75, 3.05) is 45.4 Å². The highest BCUT2D eigenvalue weighted by Gasteiger charge is 2.40. The van der Waals surface area contributed by atoms with Gasteiger partial charge in [0.25, 0.3) is 5.91 Å². The van der Waals surface area contributed by atoms with Gasteiger partial charge in [0.15, 0.2) is 0 Å². The lowest BCUT2D eigenvalue weighted by Gasteiger charge is -2.29. The second-order valence-corrected chi connectivity index (χ2v) is 13.4. The number of ether oxygens (including phenoxy) is 3. The van der Waals surface area contributed by atoms with E-state index in [1.807, 2.05) is 62.6 Å². The topological polar surface area (TPSA) is 136 Å². The molecule has 0 saturated carbocycles. The lowest BCUT2D eigenvalue weighted by molar-refractivity contribution is -0.136. The fourth-order valence-electron chi connectivity index (χ4n) is 6.10. The standard InChI is InChI=1S/C37H36N6O6S/c1-22-17-24(23-7-11-32(38-19-23)42(2)3)20-39-34(22)36-40-28-9-8-25(18-31(28)50-36)48-15-13-47-14-16-49-30-6-4-5-26-27(30)21-43(37(26)46)29-10-12-33(44)41-35(29)45/h4-9,11,17-20,29H,10,12-16,21H2,1-3H3,(H,41,44,45). The van der Waals surface area contributed by atoms with E-state index in [2.05, 4.69) is 22.4 Å². The third-order valence-electron chi connectivity index (χ3n) is 8.70. The van der Waals surface area contributed by atoms with Crippen LogP contribution in [-0.4, -0.2) is 84.1 Å². The van der Waals surface area contributed by atoms with E-state index in [1.165, 1.54) is 4.90 Å². The summed E-state index contributed by atoms with van der Waals surface area (Å²) in [6.45, 7) is 3.64. The fraction of sp³-hybridized carbons (Fsp3) is 0.297. The van der Waals surface area contributed by atoms with Crippen LogP contribution in [0, 0.1) is 6.92 Å². The molecule has 2 aliphatic rings. The number of hydrogen-bond donors (Lipinski definition) is 1. The highest BCUT2D eigenvalue weighted by Crippen LogP contribution is 2.35. The smallest absolute Gasteiger partial charge is 0.255 e. The first-order chi connectivity index (χ1) is 24.2. The SMILES string of the molecule is Cc1cc(-c2ccc(N(C)C)nc2)cnc1-c1nc2ccc(OCCOCCOc3cccc4c3CN(C3CCC(=O)NC3=O)C4=O)cc2s1. The van der Waals surface area contributed by atoms with E-state index in [0.29, 0.717) is 37.6 Å². The molecule has 5 aromatic rings. The summed E-state index contributed by atoms with van der Waals surface area (Å²) in [5.41, 5.74) is 6.04. The van der Waals surface area contributed by atoms with Crippen LogP contribution in [0.4, 0.5) is 5.82 Å². The average molecular weight is 693 g/mol. The number of hydrogen-bond acceptors (Lipinski definition) is 11. The highest BCUT2D eigenvalue weighted by atomic mass is 32.1. The van der Waals surface area contributed by atoms with Crippen LogP contribution < -0.4 is 19.7 Å². The molecule has 1 fully saturated rings. The molecule has 3 aromatic heterocycles. The minimum absolute atomic E-state index is 0.209. The summed E-state index contributed by atoms with van der Waals surface area (Å²) in [6, 6.07) is 16.6. The first-order valence-corrected chi connectivity index (χ1v) is 17.2. The van der Waals surface area contributed by atoms with Gasteiger partial charge in [0.1, 0.15) is 47.3 Å². The maximum Gasteiger partial charge on any atom is 0.255 e. The lowest BCUT2D eigenvalue weighted by Crippen LogP contribution is -2.52. The highest BCUT2D eigenvalue weighted by molar-refractivity contribution is 7.21. The third-order valence-corrected chi connectivity index (χ3v) is 9.73. The molecular formula is C37H36N6O6S. The number of aryl methyl sites for hydroxylation is 1. The van der Waals surface area contributed by atoms with Crippen LogP contribution in [0.25, 0.3) is 32.0 Å². The van der Waals surface area contributed by atoms with Crippen LogP contribution in [0.15, 0.2) is 67.0 Å². The van der Waals surface area contributed by atoms with Crippen LogP contribution in [0.1, 0.15) is 34.3 Å². The molecule has 13 heteroatoms. The summed E-state index contributed by atoms with van der Waals surface area (Å²) in [5, 5.41) is 3.18. The van der Waals surface area contributed by atoms with Crippen molar-refractivity contribution in [2.24, 2.45) is 0 Å². The van der Waals surface area contributed by atoms with E-state index in [9.17, 15) is 14.4 Å². The minimum Gasteiger partial charge on any atom is -0.491 e. The number of pyridine rings is 2. The van der Waals surface area contributed by atoms with Crippen LogP contribution in [0.2, 0.25) is 0 Å². The second kappa shape index (κ2) is 14.2. The Morgan fingerprint density at radius 3 is 2.52 bits per heavy atom.